The fraction of sp³-hybridized carbons (Fsp3) is 0.0417. The lowest BCUT2D eigenvalue weighted by Crippen LogP contribution is -2.54. The van der Waals surface area contributed by atoms with E-state index >= 15 is 0 Å². The van der Waals surface area contributed by atoms with Gasteiger partial charge in [-0.1, -0.05) is 57.9 Å². The van der Waals surface area contributed by atoms with Gasteiger partial charge in [0, 0.05) is 15.1 Å². The Kier molecular flexibility index (Phi) is 6.97. The average molecular weight is 591 g/mol. The van der Waals surface area contributed by atoms with Gasteiger partial charge in [-0.15, -0.1) is 0 Å². The van der Waals surface area contributed by atoms with Gasteiger partial charge in [0.15, 0.2) is 0 Å². The van der Waals surface area contributed by atoms with Crippen molar-refractivity contribution >= 4 is 73.1 Å². The van der Waals surface area contributed by atoms with Gasteiger partial charge in [-0.25, -0.2) is 9.69 Å². The lowest BCUT2D eigenvalue weighted by atomic mass is 10.1. The molecule has 3 aromatic carbocycles. The molecule has 4 rings (SSSR count). The van der Waals surface area contributed by atoms with Crippen molar-refractivity contribution in [2.45, 2.75) is 6.61 Å². The average Bonchev–Trinajstić information content (AvgIpc) is 2.77. The lowest BCUT2D eigenvalue weighted by Gasteiger charge is -2.26. The topological polar surface area (TPSA) is 75.7 Å². The zero-order valence-electron chi connectivity index (χ0n) is 16.8. The Hall–Kier alpha value is -2.94. The molecule has 6 nitrogen and oxygen atoms in total. The van der Waals surface area contributed by atoms with Crippen LogP contribution in [-0.4, -0.2) is 17.8 Å². The Balaban J connectivity index is 1.70. The van der Waals surface area contributed by atoms with E-state index in [-0.39, 0.29) is 12.2 Å². The summed E-state index contributed by atoms with van der Waals surface area (Å²) in [6.45, 7) is 0.238. The number of urea groups is 1. The molecule has 166 valence electrons. The zero-order chi connectivity index (χ0) is 23.5. The number of carbonyl (C=O) groups excluding carboxylic acids is 3. The minimum absolute atomic E-state index is 0.195. The number of anilines is 1. The number of hydrogen-bond donors (Lipinski definition) is 1. The predicted molar refractivity (Wildman–Crippen MR) is 133 cm³/mol. The summed E-state index contributed by atoms with van der Waals surface area (Å²) in [5, 5.41) is 2.84. The van der Waals surface area contributed by atoms with E-state index in [9.17, 15) is 14.4 Å². The normalized spacial score (nSPS) is 15.1. The number of para-hydroxylation sites is 1. The molecule has 0 bridgehead atoms. The van der Waals surface area contributed by atoms with E-state index in [4.69, 9.17) is 16.3 Å². The molecule has 1 N–H and O–H groups in total. The molecule has 1 fully saturated rings. The number of barbiturate groups is 1. The van der Waals surface area contributed by atoms with Gasteiger partial charge in [-0.3, -0.25) is 14.9 Å². The zero-order valence-corrected chi connectivity index (χ0v) is 20.8. The Morgan fingerprint density at radius 2 is 1.67 bits per heavy atom. The van der Waals surface area contributed by atoms with E-state index in [1.807, 2.05) is 12.1 Å². The van der Waals surface area contributed by atoms with E-state index in [1.54, 1.807) is 54.6 Å². The summed E-state index contributed by atoms with van der Waals surface area (Å²) in [4.78, 5) is 39.0. The molecule has 0 radical (unpaired) electrons. The van der Waals surface area contributed by atoms with Gasteiger partial charge in [0.2, 0.25) is 0 Å². The molecular formula is C24H15Br2ClN2O4. The molecule has 0 unspecified atom stereocenters. The number of nitrogens with one attached hydrogen (secondary N) is 1. The van der Waals surface area contributed by atoms with Crippen molar-refractivity contribution in [3.05, 3.63) is 97.4 Å². The summed E-state index contributed by atoms with van der Waals surface area (Å²) in [5.74, 6) is -1.07. The molecule has 1 aliphatic heterocycles. The molecule has 0 atom stereocenters. The van der Waals surface area contributed by atoms with Crippen LogP contribution >= 0.6 is 43.5 Å². The van der Waals surface area contributed by atoms with Crippen molar-refractivity contribution in [1.29, 1.82) is 0 Å². The van der Waals surface area contributed by atoms with Gasteiger partial charge in [-0.2, -0.15) is 0 Å². The van der Waals surface area contributed by atoms with Gasteiger partial charge >= 0.3 is 6.03 Å². The second-order valence-electron chi connectivity index (χ2n) is 7.01. The SMILES string of the molecule is O=C1NC(=O)N(c2ccccc2)C(=O)/C1=C/c1cc(Br)cc(Br)c1OCc1ccc(Cl)cc1. The number of halogens is 3. The van der Waals surface area contributed by atoms with Crippen molar-refractivity contribution in [2.24, 2.45) is 0 Å². The first-order valence-corrected chi connectivity index (χ1v) is 11.6. The van der Waals surface area contributed by atoms with Gasteiger partial charge in [0.25, 0.3) is 11.8 Å². The van der Waals surface area contributed by atoms with Crippen LogP contribution in [0.2, 0.25) is 5.02 Å². The molecule has 1 aliphatic rings. The Morgan fingerprint density at radius 1 is 0.970 bits per heavy atom. The third kappa shape index (κ3) is 5.19. The smallest absolute Gasteiger partial charge is 0.335 e. The van der Waals surface area contributed by atoms with Crippen LogP contribution < -0.4 is 15.0 Å². The largest absolute Gasteiger partial charge is 0.487 e. The molecule has 3 aromatic rings. The first kappa shape index (κ1) is 23.2. The first-order chi connectivity index (χ1) is 15.8. The van der Waals surface area contributed by atoms with Crippen molar-refractivity contribution in [3.63, 3.8) is 0 Å². The van der Waals surface area contributed by atoms with Crippen LogP contribution in [0, 0.1) is 0 Å². The van der Waals surface area contributed by atoms with Gasteiger partial charge in [0.1, 0.15) is 17.9 Å². The maximum absolute atomic E-state index is 13.1. The molecule has 0 saturated carbocycles. The number of benzene rings is 3. The number of rotatable bonds is 5. The van der Waals surface area contributed by atoms with Gasteiger partial charge < -0.3 is 4.74 Å². The molecular weight excluding hydrogens is 576 g/mol. The summed E-state index contributed by atoms with van der Waals surface area (Å²) in [5.41, 5.74) is 1.53. The quantitative estimate of drug-likeness (QED) is 0.288. The van der Waals surface area contributed by atoms with E-state index in [1.165, 1.54) is 6.08 Å². The minimum atomic E-state index is -0.803. The third-order valence-corrected chi connectivity index (χ3v) is 6.05. The highest BCUT2D eigenvalue weighted by atomic mass is 79.9. The highest BCUT2D eigenvalue weighted by Crippen LogP contribution is 2.35. The number of ether oxygens (including phenoxy) is 1. The standard InChI is InChI=1S/C24H15Br2ClN2O4/c25-16-10-15(21(20(26)12-16)33-13-14-6-8-17(27)9-7-14)11-19-22(30)28-24(32)29(23(19)31)18-4-2-1-3-5-18/h1-12H,13H2,(H,28,30,32)/b19-11+. The molecule has 0 aromatic heterocycles. The Labute approximate surface area is 211 Å². The molecule has 1 heterocycles. The predicted octanol–water partition coefficient (Wildman–Crippen LogP) is 6.11. The van der Waals surface area contributed by atoms with E-state index in [2.05, 4.69) is 37.2 Å². The Bertz CT molecular complexity index is 1280. The van der Waals surface area contributed by atoms with Crippen molar-refractivity contribution in [2.75, 3.05) is 4.90 Å². The summed E-state index contributed by atoms with van der Waals surface area (Å²) in [6, 6.07) is 18.3. The van der Waals surface area contributed by atoms with Gasteiger partial charge in [0.05, 0.1) is 10.2 Å². The highest BCUT2D eigenvalue weighted by Gasteiger charge is 2.37. The van der Waals surface area contributed by atoms with Crippen LogP contribution in [0.3, 0.4) is 0 Å². The molecule has 4 amide bonds. The maximum atomic E-state index is 13.1. The number of carbonyl (C=O) groups is 3. The summed E-state index contributed by atoms with van der Waals surface area (Å²) in [6.07, 6.45) is 1.41. The van der Waals surface area contributed by atoms with Crippen molar-refractivity contribution in [1.82, 2.24) is 5.32 Å². The Morgan fingerprint density at radius 3 is 2.36 bits per heavy atom. The number of amides is 4. The summed E-state index contributed by atoms with van der Waals surface area (Å²) < 4.78 is 7.35. The van der Waals surface area contributed by atoms with Crippen LogP contribution in [0.4, 0.5) is 10.5 Å². The second kappa shape index (κ2) is 9.91. The maximum Gasteiger partial charge on any atom is 0.335 e. The molecule has 0 spiro atoms. The lowest BCUT2D eigenvalue weighted by molar-refractivity contribution is -0.122. The fourth-order valence-electron chi connectivity index (χ4n) is 3.20. The molecule has 0 aliphatic carbocycles. The molecule has 1 saturated heterocycles. The number of imide groups is 2. The van der Waals surface area contributed by atoms with Crippen molar-refractivity contribution < 1.29 is 19.1 Å². The monoisotopic (exact) mass is 588 g/mol. The summed E-state index contributed by atoms with van der Waals surface area (Å²) >= 11 is 12.8. The fourth-order valence-corrected chi connectivity index (χ4v) is 4.70. The minimum Gasteiger partial charge on any atom is -0.487 e. The van der Waals surface area contributed by atoms with Crippen LogP contribution in [0.5, 0.6) is 5.75 Å². The second-order valence-corrected chi connectivity index (χ2v) is 9.22. The summed E-state index contributed by atoms with van der Waals surface area (Å²) in [7, 11) is 0. The highest BCUT2D eigenvalue weighted by molar-refractivity contribution is 9.11. The third-order valence-electron chi connectivity index (χ3n) is 4.75. The van der Waals surface area contributed by atoms with Crippen LogP contribution in [0.1, 0.15) is 11.1 Å². The molecule has 33 heavy (non-hydrogen) atoms. The van der Waals surface area contributed by atoms with Crippen molar-refractivity contribution in [3.8, 4) is 5.75 Å². The van der Waals surface area contributed by atoms with Gasteiger partial charge in [-0.05, 0) is 64.0 Å². The van der Waals surface area contributed by atoms with Crippen LogP contribution in [-0.2, 0) is 16.2 Å². The first-order valence-electron chi connectivity index (χ1n) is 9.66. The van der Waals surface area contributed by atoms with Crippen LogP contribution in [0.15, 0.2) is 81.2 Å². The van der Waals surface area contributed by atoms with E-state index < -0.39 is 17.8 Å². The van der Waals surface area contributed by atoms with Crippen LogP contribution in [0.25, 0.3) is 6.08 Å². The number of nitrogens with zero attached hydrogens (tertiary/aromatic N) is 1. The number of hydrogen-bond acceptors (Lipinski definition) is 4. The van der Waals surface area contributed by atoms with E-state index in [0.717, 1.165) is 10.5 Å². The molecule has 9 heteroatoms. The van der Waals surface area contributed by atoms with E-state index in [0.29, 0.717) is 31.0 Å².